The van der Waals surface area contributed by atoms with Crippen molar-refractivity contribution in [3.05, 3.63) is 0 Å². The predicted octanol–water partition coefficient (Wildman–Crippen LogP) is 3.46. The molecule has 1 saturated heterocycles. The van der Waals surface area contributed by atoms with Crippen molar-refractivity contribution in [1.29, 1.82) is 0 Å². The van der Waals surface area contributed by atoms with Crippen LogP contribution in [0.5, 0.6) is 0 Å². The number of hydrogen-bond acceptors (Lipinski definition) is 2. The van der Waals surface area contributed by atoms with Gasteiger partial charge in [-0.3, -0.25) is 0 Å². The van der Waals surface area contributed by atoms with Crippen molar-refractivity contribution in [1.82, 2.24) is 0 Å². The highest BCUT2D eigenvalue weighted by atomic mass is 16.7. The maximum atomic E-state index is 6.03. The summed E-state index contributed by atoms with van der Waals surface area (Å²) in [7, 11) is 0. The zero-order chi connectivity index (χ0) is 11.6. The Labute approximate surface area is 94.3 Å². The van der Waals surface area contributed by atoms with E-state index in [1.807, 2.05) is 13.8 Å². The van der Waals surface area contributed by atoms with E-state index in [0.717, 1.165) is 12.5 Å². The van der Waals surface area contributed by atoms with Gasteiger partial charge in [0, 0.05) is 5.92 Å². The van der Waals surface area contributed by atoms with E-state index in [-0.39, 0.29) is 0 Å². The maximum absolute atomic E-state index is 6.03. The summed E-state index contributed by atoms with van der Waals surface area (Å²) in [5, 5.41) is 0. The fraction of sp³-hybridized carbons (Fsp3) is 1.00. The van der Waals surface area contributed by atoms with Crippen molar-refractivity contribution < 1.29 is 9.47 Å². The number of hydrogen-bond donors (Lipinski definition) is 0. The maximum Gasteiger partial charge on any atom is 0.163 e. The molecule has 0 unspecified atom stereocenters. The van der Waals surface area contributed by atoms with E-state index < -0.39 is 5.79 Å². The molecule has 0 amide bonds. The third kappa shape index (κ3) is 3.76. The summed E-state index contributed by atoms with van der Waals surface area (Å²) in [5.74, 6) is 1.46. The van der Waals surface area contributed by atoms with Crippen LogP contribution in [0.1, 0.15) is 48.0 Å². The topological polar surface area (TPSA) is 18.5 Å². The standard InChI is InChI=1S/C13H26O2/c1-9(2)7-10(3)12-11(4)8-14-13(5,6)15-12/h9-12H,7-8H2,1-6H3/t10-,11-,12+/m0/s1. The molecule has 1 rings (SSSR count). The summed E-state index contributed by atoms with van der Waals surface area (Å²) in [6.07, 6.45) is 1.57. The monoisotopic (exact) mass is 214 g/mol. The van der Waals surface area contributed by atoms with Gasteiger partial charge in [0.05, 0.1) is 12.7 Å². The summed E-state index contributed by atoms with van der Waals surface area (Å²) in [6.45, 7) is 13.9. The predicted molar refractivity (Wildman–Crippen MR) is 62.7 cm³/mol. The fourth-order valence-electron chi connectivity index (χ4n) is 2.46. The summed E-state index contributed by atoms with van der Waals surface area (Å²) < 4.78 is 11.7. The first-order valence-corrected chi connectivity index (χ1v) is 6.13. The average molecular weight is 214 g/mol. The molecule has 0 aromatic rings. The van der Waals surface area contributed by atoms with Gasteiger partial charge in [0.1, 0.15) is 0 Å². The first kappa shape index (κ1) is 13.0. The fourth-order valence-corrected chi connectivity index (χ4v) is 2.46. The summed E-state index contributed by atoms with van der Waals surface area (Å²) >= 11 is 0. The molecule has 1 aliphatic rings. The van der Waals surface area contributed by atoms with Gasteiger partial charge in [0.25, 0.3) is 0 Å². The minimum atomic E-state index is -0.400. The molecule has 3 atom stereocenters. The van der Waals surface area contributed by atoms with Crippen LogP contribution >= 0.6 is 0 Å². The molecule has 0 aliphatic carbocycles. The van der Waals surface area contributed by atoms with Crippen LogP contribution in [-0.4, -0.2) is 18.5 Å². The van der Waals surface area contributed by atoms with Gasteiger partial charge in [-0.15, -0.1) is 0 Å². The second-order valence-electron chi connectivity index (χ2n) is 5.88. The van der Waals surface area contributed by atoms with E-state index in [9.17, 15) is 0 Å². The molecular formula is C13H26O2. The third-order valence-corrected chi connectivity index (χ3v) is 3.08. The molecule has 0 radical (unpaired) electrons. The minimum absolute atomic E-state index is 0.344. The molecule has 0 aromatic heterocycles. The quantitative estimate of drug-likeness (QED) is 0.716. The Kier molecular flexibility index (Phi) is 4.19. The summed E-state index contributed by atoms with van der Waals surface area (Å²) in [4.78, 5) is 0. The van der Waals surface area contributed by atoms with Gasteiger partial charge in [-0.05, 0) is 32.1 Å². The summed E-state index contributed by atoms with van der Waals surface area (Å²) in [6, 6.07) is 0. The van der Waals surface area contributed by atoms with Crippen molar-refractivity contribution >= 4 is 0 Å². The van der Waals surface area contributed by atoms with E-state index in [4.69, 9.17) is 9.47 Å². The molecule has 2 heteroatoms. The van der Waals surface area contributed by atoms with Gasteiger partial charge < -0.3 is 9.47 Å². The molecule has 0 N–H and O–H groups in total. The van der Waals surface area contributed by atoms with Crippen LogP contribution in [0, 0.1) is 17.8 Å². The van der Waals surface area contributed by atoms with Crippen LogP contribution in [0.2, 0.25) is 0 Å². The van der Waals surface area contributed by atoms with Crippen LogP contribution in [-0.2, 0) is 9.47 Å². The Bertz CT molecular complexity index is 199. The highest BCUT2D eigenvalue weighted by Crippen LogP contribution is 2.32. The second kappa shape index (κ2) is 4.84. The molecule has 0 spiro atoms. The lowest BCUT2D eigenvalue weighted by atomic mass is 9.86. The third-order valence-electron chi connectivity index (χ3n) is 3.08. The largest absolute Gasteiger partial charge is 0.350 e. The van der Waals surface area contributed by atoms with Crippen LogP contribution < -0.4 is 0 Å². The smallest absolute Gasteiger partial charge is 0.163 e. The van der Waals surface area contributed by atoms with Crippen molar-refractivity contribution in [3.8, 4) is 0 Å². The van der Waals surface area contributed by atoms with E-state index in [1.54, 1.807) is 0 Å². The first-order chi connectivity index (χ1) is 6.82. The van der Waals surface area contributed by atoms with Gasteiger partial charge in [-0.2, -0.15) is 0 Å². The normalized spacial score (nSPS) is 33.0. The Morgan fingerprint density at radius 3 is 2.40 bits per heavy atom. The molecule has 90 valence electrons. The van der Waals surface area contributed by atoms with Crippen LogP contribution in [0.15, 0.2) is 0 Å². The van der Waals surface area contributed by atoms with E-state index in [0.29, 0.717) is 17.9 Å². The van der Waals surface area contributed by atoms with Crippen LogP contribution in [0.25, 0.3) is 0 Å². The lowest BCUT2D eigenvalue weighted by Crippen LogP contribution is -2.47. The average Bonchev–Trinajstić information content (AvgIpc) is 2.08. The van der Waals surface area contributed by atoms with Gasteiger partial charge in [0.2, 0.25) is 0 Å². The highest BCUT2D eigenvalue weighted by Gasteiger charge is 2.36. The lowest BCUT2D eigenvalue weighted by Gasteiger charge is -2.42. The molecule has 15 heavy (non-hydrogen) atoms. The Hall–Kier alpha value is -0.0800. The summed E-state index contributed by atoms with van der Waals surface area (Å²) in [5.41, 5.74) is 0. The molecule has 1 aliphatic heterocycles. The van der Waals surface area contributed by atoms with Crippen LogP contribution in [0.4, 0.5) is 0 Å². The number of rotatable bonds is 3. The van der Waals surface area contributed by atoms with E-state index >= 15 is 0 Å². The molecule has 1 fully saturated rings. The molecule has 0 saturated carbocycles. The molecule has 1 heterocycles. The van der Waals surface area contributed by atoms with Gasteiger partial charge in [-0.1, -0.05) is 27.7 Å². The Balaban J connectivity index is 2.57. The SMILES string of the molecule is CC(C)C[C@H](C)[C@H]1OC(C)(C)OC[C@@H]1C. The number of ether oxygens (including phenoxy) is 2. The molecular weight excluding hydrogens is 188 g/mol. The second-order valence-corrected chi connectivity index (χ2v) is 5.88. The molecule has 2 nitrogen and oxygen atoms in total. The van der Waals surface area contributed by atoms with Crippen molar-refractivity contribution in [2.75, 3.05) is 6.61 Å². The molecule has 0 bridgehead atoms. The van der Waals surface area contributed by atoms with E-state index in [2.05, 4.69) is 27.7 Å². The minimum Gasteiger partial charge on any atom is -0.350 e. The Morgan fingerprint density at radius 1 is 1.27 bits per heavy atom. The van der Waals surface area contributed by atoms with E-state index in [1.165, 1.54) is 6.42 Å². The first-order valence-electron chi connectivity index (χ1n) is 6.13. The Morgan fingerprint density at radius 2 is 1.87 bits per heavy atom. The molecule has 0 aromatic carbocycles. The van der Waals surface area contributed by atoms with Gasteiger partial charge >= 0.3 is 0 Å². The van der Waals surface area contributed by atoms with Crippen LogP contribution in [0.3, 0.4) is 0 Å². The van der Waals surface area contributed by atoms with Gasteiger partial charge in [0.15, 0.2) is 5.79 Å². The zero-order valence-electron chi connectivity index (χ0n) is 11.0. The van der Waals surface area contributed by atoms with Crippen molar-refractivity contribution in [2.45, 2.75) is 59.9 Å². The van der Waals surface area contributed by atoms with Crippen molar-refractivity contribution in [3.63, 3.8) is 0 Å². The highest BCUT2D eigenvalue weighted by molar-refractivity contribution is 4.79. The van der Waals surface area contributed by atoms with Crippen molar-refractivity contribution in [2.24, 2.45) is 17.8 Å². The van der Waals surface area contributed by atoms with Gasteiger partial charge in [-0.25, -0.2) is 0 Å². The lowest BCUT2D eigenvalue weighted by molar-refractivity contribution is -0.300. The zero-order valence-corrected chi connectivity index (χ0v) is 11.0.